The van der Waals surface area contributed by atoms with Crippen molar-refractivity contribution in [2.24, 2.45) is 0 Å². The van der Waals surface area contributed by atoms with E-state index in [0.29, 0.717) is 5.56 Å². The Balaban J connectivity index is 1.44. The van der Waals surface area contributed by atoms with Crippen LogP contribution < -0.4 is 5.32 Å². The summed E-state index contributed by atoms with van der Waals surface area (Å²) >= 11 is 1.53. The maximum Gasteiger partial charge on any atom is 0.254 e. The zero-order valence-electron chi connectivity index (χ0n) is 13.5. The van der Waals surface area contributed by atoms with Crippen molar-refractivity contribution < 1.29 is 4.79 Å². The summed E-state index contributed by atoms with van der Waals surface area (Å²) in [4.78, 5) is 20.7. The molecule has 1 saturated carbocycles. The van der Waals surface area contributed by atoms with E-state index in [-0.39, 0.29) is 11.9 Å². The maximum absolute atomic E-state index is 12.7. The fourth-order valence-corrected chi connectivity index (χ4v) is 4.09. The highest BCUT2D eigenvalue weighted by molar-refractivity contribution is 7.99. The maximum atomic E-state index is 12.7. The molecule has 2 aliphatic rings. The molecular weight excluding hydrogens is 318 g/mol. The Morgan fingerprint density at radius 3 is 2.75 bits per heavy atom. The summed E-state index contributed by atoms with van der Waals surface area (Å²) in [6.45, 7) is 2.09. The van der Waals surface area contributed by atoms with Crippen LogP contribution in [0.3, 0.4) is 0 Å². The number of hydrogen-bond acceptors (Lipinski definition) is 4. The molecule has 1 N–H and O–H groups in total. The highest BCUT2D eigenvalue weighted by Gasteiger charge is 2.35. The summed E-state index contributed by atoms with van der Waals surface area (Å²) in [6, 6.07) is 14.8. The average Bonchev–Trinajstić information content (AvgIpc) is 3.36. The fourth-order valence-electron chi connectivity index (χ4n) is 3.18. The molecule has 1 atom stereocenters. The molecule has 2 fully saturated rings. The first-order chi connectivity index (χ1) is 11.8. The van der Waals surface area contributed by atoms with Crippen LogP contribution in [-0.4, -0.2) is 41.0 Å². The van der Waals surface area contributed by atoms with Gasteiger partial charge < -0.3 is 5.32 Å². The third kappa shape index (κ3) is 3.62. The Labute approximate surface area is 146 Å². The Bertz CT molecular complexity index is 718. The second-order valence-corrected chi connectivity index (χ2v) is 7.52. The van der Waals surface area contributed by atoms with Gasteiger partial charge in [-0.1, -0.05) is 30.0 Å². The van der Waals surface area contributed by atoms with E-state index in [2.05, 4.69) is 15.2 Å². The number of carbonyl (C=O) groups is 1. The first kappa shape index (κ1) is 15.7. The van der Waals surface area contributed by atoms with E-state index < -0.39 is 0 Å². The topological polar surface area (TPSA) is 45.2 Å². The summed E-state index contributed by atoms with van der Waals surface area (Å²) in [6.07, 6.45) is 5.43. The summed E-state index contributed by atoms with van der Waals surface area (Å²) in [5.74, 6) is -0.0100. The van der Waals surface area contributed by atoms with Crippen molar-refractivity contribution in [3.05, 3.63) is 54.2 Å². The van der Waals surface area contributed by atoms with Crippen molar-refractivity contribution in [1.29, 1.82) is 0 Å². The van der Waals surface area contributed by atoms with Gasteiger partial charge in [-0.25, -0.2) is 4.98 Å². The first-order valence-electron chi connectivity index (χ1n) is 8.52. The van der Waals surface area contributed by atoms with Gasteiger partial charge in [-0.15, -0.1) is 0 Å². The van der Waals surface area contributed by atoms with E-state index in [4.69, 9.17) is 0 Å². The lowest BCUT2D eigenvalue weighted by molar-refractivity contribution is 0.0934. The van der Waals surface area contributed by atoms with E-state index in [1.807, 2.05) is 42.5 Å². The highest BCUT2D eigenvalue weighted by atomic mass is 32.2. The molecule has 4 rings (SSSR count). The van der Waals surface area contributed by atoms with Gasteiger partial charge in [0.2, 0.25) is 0 Å². The number of nitrogens with one attached hydrogen (secondary N) is 1. The van der Waals surface area contributed by atoms with E-state index in [0.717, 1.165) is 35.5 Å². The lowest BCUT2D eigenvalue weighted by Gasteiger charge is -2.16. The van der Waals surface area contributed by atoms with Gasteiger partial charge in [-0.05, 0) is 43.5 Å². The molecule has 1 aromatic carbocycles. The summed E-state index contributed by atoms with van der Waals surface area (Å²) < 4.78 is 0. The van der Waals surface area contributed by atoms with Crippen molar-refractivity contribution in [2.45, 2.75) is 41.3 Å². The molecule has 0 spiro atoms. The van der Waals surface area contributed by atoms with Gasteiger partial charge in [-0.2, -0.15) is 0 Å². The van der Waals surface area contributed by atoms with Crippen LogP contribution in [0.15, 0.2) is 58.6 Å². The van der Waals surface area contributed by atoms with Crippen LogP contribution in [0.5, 0.6) is 0 Å². The average molecular weight is 339 g/mol. The third-order valence-electron chi connectivity index (χ3n) is 4.59. The molecular formula is C19H21N3OS. The molecule has 0 radical (unpaired) electrons. The number of amides is 1. The Morgan fingerprint density at radius 1 is 1.12 bits per heavy atom. The molecule has 124 valence electrons. The molecule has 1 unspecified atom stereocenters. The smallest absolute Gasteiger partial charge is 0.254 e. The number of pyridine rings is 1. The van der Waals surface area contributed by atoms with E-state index in [1.165, 1.54) is 24.6 Å². The van der Waals surface area contributed by atoms with Crippen molar-refractivity contribution >= 4 is 17.7 Å². The number of hydrogen-bond donors (Lipinski definition) is 1. The summed E-state index contributed by atoms with van der Waals surface area (Å²) in [5, 5.41) is 3.96. The zero-order chi connectivity index (χ0) is 16.4. The number of carbonyl (C=O) groups excluding carboxylic acids is 1. The van der Waals surface area contributed by atoms with Crippen LogP contribution in [0, 0.1) is 0 Å². The van der Waals surface area contributed by atoms with Gasteiger partial charge in [0.1, 0.15) is 5.03 Å². The van der Waals surface area contributed by atoms with Gasteiger partial charge in [0.15, 0.2) is 0 Å². The minimum atomic E-state index is -0.0100. The first-order valence-corrected chi connectivity index (χ1v) is 9.34. The van der Waals surface area contributed by atoms with Crippen LogP contribution >= 0.6 is 11.8 Å². The largest absolute Gasteiger partial charge is 0.348 e. The molecule has 2 heterocycles. The zero-order valence-corrected chi connectivity index (χ0v) is 14.3. The van der Waals surface area contributed by atoms with Gasteiger partial charge >= 0.3 is 0 Å². The number of nitrogens with zero attached hydrogens (tertiary/aromatic N) is 2. The Hall–Kier alpha value is -1.85. The second-order valence-electron chi connectivity index (χ2n) is 6.46. The predicted octanol–water partition coefficient (Wildman–Crippen LogP) is 3.20. The molecule has 1 aliphatic heterocycles. The quantitative estimate of drug-likeness (QED) is 0.909. The number of likely N-dealkylation sites (tertiary alicyclic amines) is 1. The van der Waals surface area contributed by atoms with Crippen molar-refractivity contribution in [2.75, 3.05) is 13.1 Å². The van der Waals surface area contributed by atoms with E-state index in [1.54, 1.807) is 6.20 Å². The van der Waals surface area contributed by atoms with Gasteiger partial charge in [0, 0.05) is 36.3 Å². The monoisotopic (exact) mass is 339 g/mol. The van der Waals surface area contributed by atoms with Gasteiger partial charge in [0.25, 0.3) is 5.91 Å². The van der Waals surface area contributed by atoms with Crippen molar-refractivity contribution in [3.8, 4) is 0 Å². The standard InChI is InChI=1S/C19H21N3OS/c23-18(21-14-10-12-22(13-14)15-8-9-15)17-7-4-11-20-19(17)24-16-5-2-1-3-6-16/h1-7,11,14-15H,8-10,12-13H2,(H,21,23). The fraction of sp³-hybridized carbons (Fsp3) is 0.368. The number of aromatic nitrogens is 1. The number of rotatable bonds is 5. The SMILES string of the molecule is O=C(NC1CCN(C2CC2)C1)c1cccnc1Sc1ccccc1. The Morgan fingerprint density at radius 2 is 1.96 bits per heavy atom. The van der Waals surface area contributed by atoms with Crippen LogP contribution in [-0.2, 0) is 0 Å². The molecule has 2 aromatic rings. The second kappa shape index (κ2) is 6.95. The van der Waals surface area contributed by atoms with Gasteiger partial charge in [0.05, 0.1) is 5.56 Å². The Kier molecular flexibility index (Phi) is 4.54. The van der Waals surface area contributed by atoms with Crippen LogP contribution in [0.1, 0.15) is 29.6 Å². The predicted molar refractivity (Wildman–Crippen MR) is 95.3 cm³/mol. The molecule has 1 amide bonds. The minimum absolute atomic E-state index is 0.0100. The van der Waals surface area contributed by atoms with Crippen molar-refractivity contribution in [1.82, 2.24) is 15.2 Å². The van der Waals surface area contributed by atoms with Gasteiger partial charge in [-0.3, -0.25) is 9.69 Å². The normalized spacial score (nSPS) is 20.9. The highest BCUT2D eigenvalue weighted by Crippen LogP contribution is 2.31. The molecule has 5 heteroatoms. The van der Waals surface area contributed by atoms with Crippen LogP contribution in [0.4, 0.5) is 0 Å². The molecule has 4 nitrogen and oxygen atoms in total. The van der Waals surface area contributed by atoms with Crippen molar-refractivity contribution in [3.63, 3.8) is 0 Å². The molecule has 1 aliphatic carbocycles. The van der Waals surface area contributed by atoms with Crippen LogP contribution in [0.2, 0.25) is 0 Å². The lowest BCUT2D eigenvalue weighted by atomic mass is 10.2. The minimum Gasteiger partial charge on any atom is -0.348 e. The molecule has 0 bridgehead atoms. The van der Waals surface area contributed by atoms with E-state index >= 15 is 0 Å². The lowest BCUT2D eigenvalue weighted by Crippen LogP contribution is -2.37. The number of benzene rings is 1. The van der Waals surface area contributed by atoms with Crippen LogP contribution in [0.25, 0.3) is 0 Å². The molecule has 24 heavy (non-hydrogen) atoms. The van der Waals surface area contributed by atoms with E-state index in [9.17, 15) is 4.79 Å². The summed E-state index contributed by atoms with van der Waals surface area (Å²) in [5.41, 5.74) is 0.663. The third-order valence-corrected chi connectivity index (χ3v) is 5.62. The molecule has 1 saturated heterocycles. The molecule has 1 aromatic heterocycles. The summed E-state index contributed by atoms with van der Waals surface area (Å²) in [7, 11) is 0.